The molecule has 3 N–H and O–H groups in total. The monoisotopic (exact) mass is 270 g/mol. The highest BCUT2D eigenvalue weighted by Gasteiger charge is 2.29. The Morgan fingerprint density at radius 1 is 1.10 bits per heavy atom. The number of benzene rings is 2. The largest absolute Gasteiger partial charge is 0.486 e. The van der Waals surface area contributed by atoms with E-state index in [0.717, 1.165) is 17.1 Å². The summed E-state index contributed by atoms with van der Waals surface area (Å²) in [6, 6.07) is 15.8. The van der Waals surface area contributed by atoms with Gasteiger partial charge in [-0.05, 0) is 24.6 Å². The molecule has 1 aliphatic rings. The number of para-hydroxylation sites is 2. The third kappa shape index (κ3) is 2.48. The first kappa shape index (κ1) is 13.0. The van der Waals surface area contributed by atoms with Gasteiger partial charge in [0.1, 0.15) is 6.61 Å². The van der Waals surface area contributed by atoms with Gasteiger partial charge in [0.15, 0.2) is 17.6 Å². The van der Waals surface area contributed by atoms with Crippen LogP contribution in [0.2, 0.25) is 0 Å². The number of nitrogens with two attached hydrogens (primary N) is 1. The summed E-state index contributed by atoms with van der Waals surface area (Å²) >= 11 is 0. The predicted molar refractivity (Wildman–Crippen MR) is 77.6 cm³/mol. The van der Waals surface area contributed by atoms with Crippen molar-refractivity contribution in [3.63, 3.8) is 0 Å². The Kier molecular flexibility index (Phi) is 3.58. The number of fused-ring (bicyclic) bond motifs is 1. The molecular weight excluding hydrogens is 252 g/mol. The zero-order valence-corrected chi connectivity index (χ0v) is 11.4. The lowest BCUT2D eigenvalue weighted by Gasteiger charge is -2.32. The van der Waals surface area contributed by atoms with Crippen molar-refractivity contribution in [2.45, 2.75) is 19.1 Å². The van der Waals surface area contributed by atoms with E-state index in [1.807, 2.05) is 24.3 Å². The molecule has 0 aliphatic carbocycles. The van der Waals surface area contributed by atoms with Crippen LogP contribution in [0.4, 0.5) is 0 Å². The fourth-order valence-corrected chi connectivity index (χ4v) is 2.39. The Morgan fingerprint density at radius 2 is 1.80 bits per heavy atom. The normalized spacial score (nSPS) is 18.6. The predicted octanol–water partition coefficient (Wildman–Crippen LogP) is 2.34. The summed E-state index contributed by atoms with van der Waals surface area (Å²) in [5.74, 6) is 7.25. The summed E-state index contributed by atoms with van der Waals surface area (Å²) in [4.78, 5) is 0. The third-order valence-electron chi connectivity index (χ3n) is 3.52. The number of nitrogens with one attached hydrogen (secondary N) is 1. The van der Waals surface area contributed by atoms with Crippen molar-refractivity contribution >= 4 is 0 Å². The third-order valence-corrected chi connectivity index (χ3v) is 3.52. The summed E-state index contributed by atoms with van der Waals surface area (Å²) in [6.07, 6.45) is -0.155. The topological polar surface area (TPSA) is 56.5 Å². The summed E-state index contributed by atoms with van der Waals surface area (Å²) in [5.41, 5.74) is 5.14. The minimum atomic E-state index is -0.155. The zero-order chi connectivity index (χ0) is 13.9. The average Bonchev–Trinajstić information content (AvgIpc) is 2.50. The first-order valence-electron chi connectivity index (χ1n) is 6.69. The van der Waals surface area contributed by atoms with Gasteiger partial charge in [-0.15, -0.1) is 0 Å². The fourth-order valence-electron chi connectivity index (χ4n) is 2.39. The lowest BCUT2D eigenvalue weighted by molar-refractivity contribution is 0.0617. The molecule has 0 spiro atoms. The molecule has 0 aromatic heterocycles. The van der Waals surface area contributed by atoms with Crippen LogP contribution in [-0.4, -0.2) is 12.7 Å². The molecule has 0 bridgehead atoms. The van der Waals surface area contributed by atoms with Crippen LogP contribution < -0.4 is 20.7 Å². The zero-order valence-electron chi connectivity index (χ0n) is 11.4. The molecule has 20 heavy (non-hydrogen) atoms. The molecular formula is C16H18N2O2. The Bertz CT molecular complexity index is 583. The quantitative estimate of drug-likeness (QED) is 0.664. The molecule has 2 aromatic carbocycles. The van der Waals surface area contributed by atoms with Gasteiger partial charge in [0.2, 0.25) is 0 Å². The molecule has 0 radical (unpaired) electrons. The van der Waals surface area contributed by atoms with Crippen LogP contribution in [0.1, 0.15) is 17.2 Å². The van der Waals surface area contributed by atoms with E-state index in [2.05, 4.69) is 36.6 Å². The highest BCUT2D eigenvalue weighted by atomic mass is 16.6. The molecule has 1 aliphatic heterocycles. The summed E-state index contributed by atoms with van der Waals surface area (Å²) in [6.45, 7) is 2.53. The number of ether oxygens (including phenoxy) is 2. The molecule has 1 heterocycles. The van der Waals surface area contributed by atoms with Crippen LogP contribution in [0.15, 0.2) is 48.5 Å². The molecule has 2 aromatic rings. The molecule has 4 heteroatoms. The second kappa shape index (κ2) is 5.53. The standard InChI is InChI=1S/C16H18N2O2/c1-11-6-8-12(9-7-11)16(18-17)15-10-19-13-4-2-3-5-14(13)20-15/h2-9,15-16,18H,10,17H2,1H3. The van der Waals surface area contributed by atoms with E-state index in [1.165, 1.54) is 5.56 Å². The minimum Gasteiger partial charge on any atom is -0.486 e. The maximum Gasteiger partial charge on any atom is 0.161 e. The fraction of sp³-hybridized carbons (Fsp3) is 0.250. The lowest BCUT2D eigenvalue weighted by atomic mass is 10.0. The maximum absolute atomic E-state index is 6.00. The number of hydrogen-bond acceptors (Lipinski definition) is 4. The van der Waals surface area contributed by atoms with Crippen LogP contribution >= 0.6 is 0 Å². The second-order valence-electron chi connectivity index (χ2n) is 4.97. The van der Waals surface area contributed by atoms with E-state index in [4.69, 9.17) is 15.3 Å². The minimum absolute atomic E-state index is 0.107. The van der Waals surface area contributed by atoms with Gasteiger partial charge < -0.3 is 9.47 Å². The van der Waals surface area contributed by atoms with Crippen molar-refractivity contribution < 1.29 is 9.47 Å². The molecule has 3 rings (SSSR count). The first-order valence-corrected chi connectivity index (χ1v) is 6.69. The van der Waals surface area contributed by atoms with Gasteiger partial charge in [-0.25, -0.2) is 5.43 Å². The Hall–Kier alpha value is -2.04. The number of hydrogen-bond donors (Lipinski definition) is 2. The molecule has 0 saturated carbocycles. The van der Waals surface area contributed by atoms with Crippen LogP contribution in [0.25, 0.3) is 0 Å². The summed E-state index contributed by atoms with van der Waals surface area (Å²) in [5, 5.41) is 0. The van der Waals surface area contributed by atoms with Crippen LogP contribution in [0, 0.1) is 6.92 Å². The first-order chi connectivity index (χ1) is 9.78. The molecule has 4 nitrogen and oxygen atoms in total. The molecule has 0 saturated heterocycles. The molecule has 2 unspecified atom stereocenters. The van der Waals surface area contributed by atoms with E-state index in [9.17, 15) is 0 Å². The number of aryl methyl sites for hydroxylation is 1. The van der Waals surface area contributed by atoms with Gasteiger partial charge in [-0.3, -0.25) is 5.84 Å². The van der Waals surface area contributed by atoms with Crippen LogP contribution in [0.5, 0.6) is 11.5 Å². The van der Waals surface area contributed by atoms with Crippen molar-refractivity contribution in [2.75, 3.05) is 6.61 Å². The second-order valence-corrected chi connectivity index (χ2v) is 4.97. The highest BCUT2D eigenvalue weighted by Crippen LogP contribution is 2.34. The number of hydrazine groups is 1. The maximum atomic E-state index is 6.00. The van der Waals surface area contributed by atoms with Gasteiger partial charge in [0.05, 0.1) is 6.04 Å². The van der Waals surface area contributed by atoms with Gasteiger partial charge in [0.25, 0.3) is 0 Å². The van der Waals surface area contributed by atoms with E-state index in [0.29, 0.717) is 6.61 Å². The van der Waals surface area contributed by atoms with E-state index < -0.39 is 0 Å². The summed E-state index contributed by atoms with van der Waals surface area (Å²) < 4.78 is 11.7. The highest BCUT2D eigenvalue weighted by molar-refractivity contribution is 5.41. The Morgan fingerprint density at radius 3 is 2.50 bits per heavy atom. The average molecular weight is 270 g/mol. The van der Waals surface area contributed by atoms with Gasteiger partial charge >= 0.3 is 0 Å². The van der Waals surface area contributed by atoms with E-state index in [-0.39, 0.29) is 12.1 Å². The molecule has 104 valence electrons. The summed E-state index contributed by atoms with van der Waals surface area (Å²) in [7, 11) is 0. The SMILES string of the molecule is Cc1ccc(C(NN)C2COc3ccccc3O2)cc1. The smallest absolute Gasteiger partial charge is 0.161 e. The van der Waals surface area contributed by atoms with Crippen molar-refractivity contribution in [3.05, 3.63) is 59.7 Å². The van der Waals surface area contributed by atoms with Crippen molar-refractivity contribution in [2.24, 2.45) is 5.84 Å². The van der Waals surface area contributed by atoms with E-state index in [1.54, 1.807) is 0 Å². The van der Waals surface area contributed by atoms with Crippen LogP contribution in [-0.2, 0) is 0 Å². The Labute approximate surface area is 118 Å². The number of rotatable bonds is 3. The van der Waals surface area contributed by atoms with Crippen molar-refractivity contribution in [3.8, 4) is 11.5 Å². The van der Waals surface area contributed by atoms with Crippen molar-refractivity contribution in [1.29, 1.82) is 0 Å². The van der Waals surface area contributed by atoms with Gasteiger partial charge in [0, 0.05) is 0 Å². The molecule has 0 fully saturated rings. The van der Waals surface area contributed by atoms with Crippen molar-refractivity contribution in [1.82, 2.24) is 5.43 Å². The lowest BCUT2D eigenvalue weighted by Crippen LogP contribution is -2.44. The van der Waals surface area contributed by atoms with Crippen LogP contribution in [0.3, 0.4) is 0 Å². The van der Waals surface area contributed by atoms with Gasteiger partial charge in [-0.1, -0.05) is 42.0 Å². The molecule has 2 atom stereocenters. The van der Waals surface area contributed by atoms with E-state index >= 15 is 0 Å². The molecule has 0 amide bonds. The van der Waals surface area contributed by atoms with Gasteiger partial charge in [-0.2, -0.15) is 0 Å². The Balaban J connectivity index is 1.83.